The predicted molar refractivity (Wildman–Crippen MR) is 98.3 cm³/mol. The lowest BCUT2D eigenvalue weighted by atomic mass is 10.1. The summed E-state index contributed by atoms with van der Waals surface area (Å²) in [4.78, 5) is 0. The predicted octanol–water partition coefficient (Wildman–Crippen LogP) is 2.89. The van der Waals surface area contributed by atoms with Crippen molar-refractivity contribution in [2.24, 2.45) is 0 Å². The summed E-state index contributed by atoms with van der Waals surface area (Å²) in [6.45, 7) is 4.75. The molecule has 0 amide bonds. The number of rotatable bonds is 7. The standard InChI is InChI=1S/C18H23N5O3/c1-11(2)13-8-14(18-21-20-10-23(18)22-13)19-9-12-6-15(24-3)17(26-5)16(7-12)25-4/h6-8,10-11,19H,9H2,1-5H3. The summed E-state index contributed by atoms with van der Waals surface area (Å²) in [7, 11) is 4.79. The first kappa shape index (κ1) is 17.8. The highest BCUT2D eigenvalue weighted by molar-refractivity contribution is 5.67. The van der Waals surface area contributed by atoms with Crippen molar-refractivity contribution in [1.82, 2.24) is 19.8 Å². The van der Waals surface area contributed by atoms with Crippen LogP contribution in [0.25, 0.3) is 5.65 Å². The number of fused-ring (bicyclic) bond motifs is 1. The Bertz CT molecular complexity index is 882. The maximum Gasteiger partial charge on any atom is 0.203 e. The number of hydrogen-bond donors (Lipinski definition) is 1. The molecule has 0 radical (unpaired) electrons. The summed E-state index contributed by atoms with van der Waals surface area (Å²) in [6, 6.07) is 5.84. The van der Waals surface area contributed by atoms with Crippen LogP contribution in [0.15, 0.2) is 24.5 Å². The van der Waals surface area contributed by atoms with Gasteiger partial charge in [0.1, 0.15) is 6.33 Å². The van der Waals surface area contributed by atoms with Gasteiger partial charge in [-0.1, -0.05) is 13.8 Å². The van der Waals surface area contributed by atoms with Crippen molar-refractivity contribution >= 4 is 11.3 Å². The number of nitrogens with zero attached hydrogens (tertiary/aromatic N) is 4. The van der Waals surface area contributed by atoms with Gasteiger partial charge >= 0.3 is 0 Å². The van der Waals surface area contributed by atoms with E-state index in [9.17, 15) is 0 Å². The van der Waals surface area contributed by atoms with Gasteiger partial charge in [-0.15, -0.1) is 10.2 Å². The second-order valence-corrected chi connectivity index (χ2v) is 6.12. The van der Waals surface area contributed by atoms with Gasteiger partial charge in [-0.05, 0) is 29.7 Å². The van der Waals surface area contributed by atoms with E-state index in [2.05, 4.69) is 34.5 Å². The molecule has 0 saturated carbocycles. The second-order valence-electron chi connectivity index (χ2n) is 6.12. The van der Waals surface area contributed by atoms with Crippen molar-refractivity contribution in [3.05, 3.63) is 35.8 Å². The first-order valence-electron chi connectivity index (χ1n) is 8.31. The van der Waals surface area contributed by atoms with Gasteiger partial charge < -0.3 is 19.5 Å². The molecule has 2 aromatic heterocycles. The van der Waals surface area contributed by atoms with Crippen LogP contribution in [0.3, 0.4) is 0 Å². The minimum absolute atomic E-state index is 0.295. The van der Waals surface area contributed by atoms with Crippen LogP contribution in [-0.4, -0.2) is 41.1 Å². The highest BCUT2D eigenvalue weighted by atomic mass is 16.5. The van der Waals surface area contributed by atoms with Crippen LogP contribution in [0.5, 0.6) is 17.2 Å². The number of anilines is 1. The molecule has 0 aliphatic carbocycles. The van der Waals surface area contributed by atoms with Gasteiger partial charge in [-0.2, -0.15) is 9.61 Å². The van der Waals surface area contributed by atoms with Crippen molar-refractivity contribution in [3.8, 4) is 17.2 Å². The molecule has 26 heavy (non-hydrogen) atoms. The molecule has 138 valence electrons. The lowest BCUT2D eigenvalue weighted by Crippen LogP contribution is -2.07. The van der Waals surface area contributed by atoms with Gasteiger partial charge in [-0.3, -0.25) is 0 Å². The van der Waals surface area contributed by atoms with Crippen LogP contribution in [0, 0.1) is 0 Å². The van der Waals surface area contributed by atoms with Crippen molar-refractivity contribution in [3.63, 3.8) is 0 Å². The molecule has 2 heterocycles. The zero-order valence-electron chi connectivity index (χ0n) is 15.6. The Balaban J connectivity index is 1.92. The third kappa shape index (κ3) is 3.35. The van der Waals surface area contributed by atoms with E-state index in [0.29, 0.717) is 35.4 Å². The smallest absolute Gasteiger partial charge is 0.203 e. The summed E-state index contributed by atoms with van der Waals surface area (Å²) < 4.78 is 17.9. The molecule has 8 nitrogen and oxygen atoms in total. The molecule has 1 aromatic carbocycles. The molecule has 0 saturated heterocycles. The number of benzene rings is 1. The van der Waals surface area contributed by atoms with Crippen LogP contribution < -0.4 is 19.5 Å². The Morgan fingerprint density at radius 3 is 2.31 bits per heavy atom. The van der Waals surface area contributed by atoms with E-state index in [1.54, 1.807) is 32.2 Å². The quantitative estimate of drug-likeness (QED) is 0.696. The topological polar surface area (TPSA) is 82.8 Å². The summed E-state index contributed by atoms with van der Waals surface area (Å²) in [5.74, 6) is 2.11. The highest BCUT2D eigenvalue weighted by Gasteiger charge is 2.14. The molecule has 3 rings (SSSR count). The van der Waals surface area contributed by atoms with Crippen LogP contribution in [0.2, 0.25) is 0 Å². The SMILES string of the molecule is COc1cc(CNc2cc(C(C)C)nn3cnnc23)cc(OC)c1OC. The van der Waals surface area contributed by atoms with Gasteiger partial charge in [0.2, 0.25) is 11.4 Å². The Hall–Kier alpha value is -3.03. The first-order valence-corrected chi connectivity index (χ1v) is 8.31. The van der Waals surface area contributed by atoms with Crippen LogP contribution >= 0.6 is 0 Å². The molecule has 0 aliphatic heterocycles. The van der Waals surface area contributed by atoms with E-state index in [1.807, 2.05) is 18.2 Å². The fourth-order valence-corrected chi connectivity index (χ4v) is 2.69. The number of hydrogen-bond acceptors (Lipinski definition) is 7. The number of ether oxygens (including phenoxy) is 3. The van der Waals surface area contributed by atoms with Gasteiger partial charge in [0.25, 0.3) is 0 Å². The average Bonchev–Trinajstić information content (AvgIpc) is 3.13. The third-order valence-electron chi connectivity index (χ3n) is 4.09. The van der Waals surface area contributed by atoms with Crippen molar-refractivity contribution in [2.45, 2.75) is 26.3 Å². The zero-order valence-corrected chi connectivity index (χ0v) is 15.6. The Morgan fingerprint density at radius 1 is 1.04 bits per heavy atom. The van der Waals surface area contributed by atoms with E-state index in [0.717, 1.165) is 16.9 Å². The van der Waals surface area contributed by atoms with E-state index < -0.39 is 0 Å². The van der Waals surface area contributed by atoms with Crippen molar-refractivity contribution in [2.75, 3.05) is 26.6 Å². The maximum atomic E-state index is 5.41. The Kier molecular flexibility index (Phi) is 5.11. The molecule has 8 heteroatoms. The van der Waals surface area contributed by atoms with Gasteiger partial charge in [0.15, 0.2) is 11.5 Å². The zero-order chi connectivity index (χ0) is 18.7. The molecular weight excluding hydrogens is 334 g/mol. The van der Waals surface area contributed by atoms with Crippen LogP contribution in [-0.2, 0) is 6.54 Å². The average molecular weight is 357 g/mol. The summed E-state index contributed by atoms with van der Waals surface area (Å²) in [6.07, 6.45) is 1.60. The van der Waals surface area contributed by atoms with Gasteiger partial charge in [0.05, 0.1) is 32.7 Å². The van der Waals surface area contributed by atoms with E-state index in [1.165, 1.54) is 0 Å². The minimum Gasteiger partial charge on any atom is -0.493 e. The Morgan fingerprint density at radius 2 is 1.73 bits per heavy atom. The molecular formula is C18H23N5O3. The minimum atomic E-state index is 0.295. The van der Waals surface area contributed by atoms with Crippen molar-refractivity contribution in [1.29, 1.82) is 0 Å². The highest BCUT2D eigenvalue weighted by Crippen LogP contribution is 2.38. The van der Waals surface area contributed by atoms with E-state index in [4.69, 9.17) is 14.2 Å². The molecule has 0 aliphatic rings. The fourth-order valence-electron chi connectivity index (χ4n) is 2.69. The summed E-state index contributed by atoms with van der Waals surface area (Å²) in [5, 5.41) is 16.0. The van der Waals surface area contributed by atoms with Crippen LogP contribution in [0.4, 0.5) is 5.69 Å². The summed E-state index contributed by atoms with van der Waals surface area (Å²) in [5.41, 5.74) is 3.50. The summed E-state index contributed by atoms with van der Waals surface area (Å²) >= 11 is 0. The molecule has 0 bridgehead atoms. The van der Waals surface area contributed by atoms with Crippen LogP contribution in [0.1, 0.15) is 31.0 Å². The molecule has 0 spiro atoms. The van der Waals surface area contributed by atoms with Gasteiger partial charge in [0, 0.05) is 6.54 Å². The number of nitrogens with one attached hydrogen (secondary N) is 1. The molecule has 0 unspecified atom stereocenters. The monoisotopic (exact) mass is 357 g/mol. The normalized spacial score (nSPS) is 11.0. The van der Waals surface area contributed by atoms with E-state index >= 15 is 0 Å². The van der Waals surface area contributed by atoms with Crippen molar-refractivity contribution < 1.29 is 14.2 Å². The Labute approximate surface area is 152 Å². The van der Waals surface area contributed by atoms with E-state index in [-0.39, 0.29) is 0 Å². The number of aromatic nitrogens is 4. The molecule has 1 N–H and O–H groups in total. The molecule has 0 atom stereocenters. The second kappa shape index (κ2) is 7.47. The molecule has 3 aromatic rings. The lowest BCUT2D eigenvalue weighted by molar-refractivity contribution is 0.324. The first-order chi connectivity index (χ1) is 12.6. The number of methoxy groups -OCH3 is 3. The third-order valence-corrected chi connectivity index (χ3v) is 4.09. The van der Waals surface area contributed by atoms with Gasteiger partial charge in [-0.25, -0.2) is 0 Å². The lowest BCUT2D eigenvalue weighted by Gasteiger charge is -2.15. The molecule has 0 fully saturated rings. The largest absolute Gasteiger partial charge is 0.493 e. The fraction of sp³-hybridized carbons (Fsp3) is 0.389. The maximum absolute atomic E-state index is 5.41.